The van der Waals surface area contributed by atoms with Crippen molar-refractivity contribution in [3.63, 3.8) is 0 Å². The fourth-order valence-electron chi connectivity index (χ4n) is 4.77. The van der Waals surface area contributed by atoms with Gasteiger partial charge in [0, 0.05) is 43.3 Å². The number of carbonyl (C=O) groups excluding carboxylic acids is 3. The normalized spacial score (nSPS) is 19.3. The van der Waals surface area contributed by atoms with Crippen LogP contribution in [0.2, 0.25) is 0 Å². The number of carbonyl (C=O) groups is 3. The van der Waals surface area contributed by atoms with Gasteiger partial charge in [0.1, 0.15) is 0 Å². The number of piperidine rings is 1. The van der Waals surface area contributed by atoms with Gasteiger partial charge in [-0.15, -0.1) is 0 Å². The summed E-state index contributed by atoms with van der Waals surface area (Å²) in [4.78, 5) is 42.0. The van der Waals surface area contributed by atoms with Crippen molar-refractivity contribution in [1.29, 1.82) is 0 Å². The summed E-state index contributed by atoms with van der Waals surface area (Å²) in [5, 5.41) is 3.11. The fraction of sp³-hybridized carbons (Fsp3) is 0.423. The Balaban J connectivity index is 1.32. The summed E-state index contributed by atoms with van der Waals surface area (Å²) >= 11 is 0. The molecule has 2 aliphatic heterocycles. The predicted molar refractivity (Wildman–Crippen MR) is 125 cm³/mol. The molecule has 0 bridgehead atoms. The van der Waals surface area contributed by atoms with Crippen molar-refractivity contribution in [3.05, 3.63) is 65.2 Å². The number of aryl methyl sites for hydroxylation is 2. The Labute approximate surface area is 189 Å². The van der Waals surface area contributed by atoms with Gasteiger partial charge in [-0.2, -0.15) is 0 Å². The zero-order valence-electron chi connectivity index (χ0n) is 18.8. The molecule has 6 heteroatoms. The van der Waals surface area contributed by atoms with E-state index in [1.165, 1.54) is 0 Å². The van der Waals surface area contributed by atoms with Crippen LogP contribution in [0.25, 0.3) is 0 Å². The molecule has 0 saturated carbocycles. The monoisotopic (exact) mass is 433 g/mol. The van der Waals surface area contributed by atoms with E-state index < -0.39 is 0 Å². The number of nitrogens with one attached hydrogen (secondary N) is 1. The molecule has 2 saturated heterocycles. The van der Waals surface area contributed by atoms with Crippen molar-refractivity contribution in [2.75, 3.05) is 24.5 Å². The van der Waals surface area contributed by atoms with Crippen molar-refractivity contribution >= 4 is 23.4 Å². The zero-order valence-corrected chi connectivity index (χ0v) is 18.8. The average Bonchev–Trinajstić information content (AvgIpc) is 3.20. The lowest BCUT2D eigenvalue weighted by Crippen LogP contribution is -2.48. The van der Waals surface area contributed by atoms with Gasteiger partial charge in [-0.3, -0.25) is 14.4 Å². The summed E-state index contributed by atoms with van der Waals surface area (Å²) in [5.41, 5.74) is 3.70. The number of likely N-dealkylation sites (tertiary alicyclic amines) is 1. The van der Waals surface area contributed by atoms with E-state index in [4.69, 9.17) is 0 Å². The molecule has 3 amide bonds. The minimum absolute atomic E-state index is 0.0182. The van der Waals surface area contributed by atoms with Crippen LogP contribution in [-0.4, -0.2) is 48.3 Å². The molecule has 2 aromatic rings. The van der Waals surface area contributed by atoms with Crippen molar-refractivity contribution < 1.29 is 14.4 Å². The Bertz CT molecular complexity index is 1010. The highest BCUT2D eigenvalue weighted by atomic mass is 16.2. The lowest BCUT2D eigenvalue weighted by molar-refractivity contribution is -0.136. The van der Waals surface area contributed by atoms with Gasteiger partial charge in [0.2, 0.25) is 11.8 Å². The van der Waals surface area contributed by atoms with Crippen LogP contribution in [0.5, 0.6) is 0 Å². The van der Waals surface area contributed by atoms with Crippen LogP contribution in [0.15, 0.2) is 48.5 Å². The van der Waals surface area contributed by atoms with Gasteiger partial charge in [0.05, 0.1) is 5.92 Å². The smallest absolute Gasteiger partial charge is 0.251 e. The van der Waals surface area contributed by atoms with Gasteiger partial charge in [-0.05, 0) is 49.4 Å². The summed E-state index contributed by atoms with van der Waals surface area (Å²) in [6, 6.07) is 15.5. The largest absolute Gasteiger partial charge is 0.349 e. The third-order valence-corrected chi connectivity index (χ3v) is 6.67. The highest BCUT2D eigenvalue weighted by Crippen LogP contribution is 2.30. The molecule has 1 atom stereocenters. The number of benzene rings is 2. The van der Waals surface area contributed by atoms with Gasteiger partial charge in [-0.25, -0.2) is 0 Å². The number of rotatable bonds is 5. The number of hydrogen-bond donors (Lipinski definition) is 1. The third kappa shape index (κ3) is 4.54. The molecule has 2 heterocycles. The van der Waals surface area contributed by atoms with Gasteiger partial charge in [0.25, 0.3) is 5.91 Å². The number of anilines is 1. The van der Waals surface area contributed by atoms with Crippen LogP contribution in [0.3, 0.4) is 0 Å². The van der Waals surface area contributed by atoms with Crippen LogP contribution in [0.4, 0.5) is 5.69 Å². The maximum absolute atomic E-state index is 13.1. The van der Waals surface area contributed by atoms with Gasteiger partial charge >= 0.3 is 0 Å². The van der Waals surface area contributed by atoms with Crippen molar-refractivity contribution in [1.82, 2.24) is 10.2 Å². The Morgan fingerprint density at radius 3 is 2.44 bits per heavy atom. The zero-order chi connectivity index (χ0) is 22.7. The average molecular weight is 434 g/mol. The van der Waals surface area contributed by atoms with E-state index in [1.807, 2.05) is 60.4 Å². The highest BCUT2D eigenvalue weighted by molar-refractivity contribution is 6.01. The molecule has 0 aromatic heterocycles. The summed E-state index contributed by atoms with van der Waals surface area (Å²) in [6.45, 7) is 5.66. The van der Waals surface area contributed by atoms with E-state index in [1.54, 1.807) is 4.90 Å². The Morgan fingerprint density at radius 1 is 1.03 bits per heavy atom. The van der Waals surface area contributed by atoms with Crippen LogP contribution in [0, 0.1) is 12.8 Å². The second kappa shape index (κ2) is 9.55. The van der Waals surface area contributed by atoms with E-state index in [-0.39, 0.29) is 36.1 Å². The van der Waals surface area contributed by atoms with Crippen LogP contribution in [-0.2, 0) is 16.0 Å². The van der Waals surface area contributed by atoms with E-state index in [0.717, 1.165) is 36.1 Å². The molecular weight excluding hydrogens is 402 g/mol. The van der Waals surface area contributed by atoms with E-state index in [9.17, 15) is 14.4 Å². The molecule has 6 nitrogen and oxygen atoms in total. The van der Waals surface area contributed by atoms with Gasteiger partial charge in [-0.1, -0.05) is 43.3 Å². The molecule has 2 fully saturated rings. The summed E-state index contributed by atoms with van der Waals surface area (Å²) < 4.78 is 0. The van der Waals surface area contributed by atoms with E-state index >= 15 is 0 Å². The number of amides is 3. The fourth-order valence-corrected chi connectivity index (χ4v) is 4.77. The summed E-state index contributed by atoms with van der Waals surface area (Å²) in [6.07, 6.45) is 2.57. The summed E-state index contributed by atoms with van der Waals surface area (Å²) in [5.74, 6) is -0.284. The van der Waals surface area contributed by atoms with Crippen LogP contribution < -0.4 is 10.2 Å². The van der Waals surface area contributed by atoms with Crippen LogP contribution >= 0.6 is 0 Å². The Kier molecular flexibility index (Phi) is 6.58. The molecule has 32 heavy (non-hydrogen) atoms. The molecule has 1 unspecified atom stereocenters. The van der Waals surface area contributed by atoms with Gasteiger partial charge in [0.15, 0.2) is 0 Å². The minimum Gasteiger partial charge on any atom is -0.349 e. The van der Waals surface area contributed by atoms with Gasteiger partial charge < -0.3 is 15.1 Å². The number of para-hydroxylation sites is 1. The van der Waals surface area contributed by atoms with E-state index in [0.29, 0.717) is 25.2 Å². The lowest BCUT2D eigenvalue weighted by Gasteiger charge is -2.34. The second-order valence-electron chi connectivity index (χ2n) is 8.78. The maximum atomic E-state index is 13.1. The quantitative estimate of drug-likeness (QED) is 0.786. The Hall–Kier alpha value is -3.15. The molecule has 0 radical (unpaired) electrons. The molecule has 2 aliphatic rings. The summed E-state index contributed by atoms with van der Waals surface area (Å²) in [7, 11) is 0. The standard InChI is InChI=1S/C26H31N3O3/c1-3-19-9-5-7-11-23(19)29-17-20(16-24(29)30)26(32)28-14-12-21(13-15-28)27-25(31)22-10-6-4-8-18(22)2/h4-11,20-21H,3,12-17H2,1-2H3,(H,27,31). The topological polar surface area (TPSA) is 69.7 Å². The first kappa shape index (κ1) is 22.1. The third-order valence-electron chi connectivity index (χ3n) is 6.67. The molecular formula is C26H31N3O3. The second-order valence-corrected chi connectivity index (χ2v) is 8.78. The highest BCUT2D eigenvalue weighted by Gasteiger charge is 2.38. The van der Waals surface area contributed by atoms with Crippen LogP contribution in [0.1, 0.15) is 47.7 Å². The first-order chi connectivity index (χ1) is 15.5. The first-order valence-corrected chi connectivity index (χ1v) is 11.5. The van der Waals surface area contributed by atoms with Crippen molar-refractivity contribution in [2.45, 2.75) is 45.6 Å². The number of nitrogens with zero attached hydrogens (tertiary/aromatic N) is 2. The lowest BCUT2D eigenvalue weighted by atomic mass is 10.0. The molecule has 0 aliphatic carbocycles. The molecule has 2 aromatic carbocycles. The van der Waals surface area contributed by atoms with E-state index in [2.05, 4.69) is 12.2 Å². The van der Waals surface area contributed by atoms with Crippen molar-refractivity contribution in [2.24, 2.45) is 5.92 Å². The first-order valence-electron chi connectivity index (χ1n) is 11.5. The molecule has 1 N–H and O–H groups in total. The van der Waals surface area contributed by atoms with Crippen molar-refractivity contribution in [3.8, 4) is 0 Å². The number of hydrogen-bond acceptors (Lipinski definition) is 3. The Morgan fingerprint density at radius 2 is 1.72 bits per heavy atom. The molecule has 4 rings (SSSR count). The SMILES string of the molecule is CCc1ccccc1N1CC(C(=O)N2CCC(NC(=O)c3ccccc3C)CC2)CC1=O. The minimum atomic E-state index is -0.300. The molecule has 0 spiro atoms. The maximum Gasteiger partial charge on any atom is 0.251 e. The molecule has 168 valence electrons. The predicted octanol–water partition coefficient (Wildman–Crippen LogP) is 3.33.